The van der Waals surface area contributed by atoms with Crippen LogP contribution in [0.3, 0.4) is 0 Å². The molecule has 0 fully saturated rings. The summed E-state index contributed by atoms with van der Waals surface area (Å²) in [5.74, 6) is -0.273. The van der Waals surface area contributed by atoms with Crippen LogP contribution in [-0.2, 0) is 11.3 Å². The van der Waals surface area contributed by atoms with E-state index >= 15 is 0 Å². The molecule has 17 heavy (non-hydrogen) atoms. The first-order valence-corrected chi connectivity index (χ1v) is 7.46. The highest BCUT2D eigenvalue weighted by molar-refractivity contribution is 8.00. The molecule has 0 spiro atoms. The van der Waals surface area contributed by atoms with E-state index in [9.17, 15) is 4.79 Å². The lowest BCUT2D eigenvalue weighted by atomic mass is 10.4. The largest absolute Gasteiger partial charge is 0.461 e. The van der Waals surface area contributed by atoms with Gasteiger partial charge in [0.15, 0.2) is 9.99 Å². The van der Waals surface area contributed by atoms with E-state index in [1.807, 2.05) is 30.7 Å². The van der Waals surface area contributed by atoms with Gasteiger partial charge in [0.1, 0.15) is 5.69 Å². The van der Waals surface area contributed by atoms with Crippen LogP contribution in [0.1, 0.15) is 24.3 Å². The summed E-state index contributed by atoms with van der Waals surface area (Å²) < 4.78 is 9.01. The number of thiazole rings is 1. The summed E-state index contributed by atoms with van der Waals surface area (Å²) in [4.78, 5) is 16.3. The number of nitrogens with zero attached hydrogens (tertiary/aromatic N) is 2. The second-order valence-corrected chi connectivity index (χ2v) is 5.45. The van der Waals surface area contributed by atoms with Crippen LogP contribution in [0.5, 0.6) is 0 Å². The highest BCUT2D eigenvalue weighted by Crippen LogP contribution is 2.30. The number of esters is 1. The third-order valence-electron chi connectivity index (χ3n) is 2.40. The summed E-state index contributed by atoms with van der Waals surface area (Å²) in [6.07, 6.45) is 2.00. The van der Waals surface area contributed by atoms with Crippen molar-refractivity contribution in [2.24, 2.45) is 0 Å². The van der Waals surface area contributed by atoms with Crippen LogP contribution in [0, 0.1) is 0 Å². The maximum Gasteiger partial charge on any atom is 0.355 e. The summed E-state index contributed by atoms with van der Waals surface area (Å²) in [6, 6.07) is 1.87. The Kier molecular flexibility index (Phi) is 3.73. The monoisotopic (exact) mass is 270 g/mol. The fourth-order valence-corrected chi connectivity index (χ4v) is 3.21. The van der Waals surface area contributed by atoms with Gasteiger partial charge in [0.2, 0.25) is 0 Å². The van der Waals surface area contributed by atoms with Crippen molar-refractivity contribution in [2.75, 3.05) is 12.9 Å². The molecule has 2 heterocycles. The van der Waals surface area contributed by atoms with Gasteiger partial charge in [-0.05, 0) is 26.2 Å². The van der Waals surface area contributed by atoms with Crippen LogP contribution < -0.4 is 0 Å². The van der Waals surface area contributed by atoms with Crippen LogP contribution in [0.15, 0.2) is 10.4 Å². The smallest absolute Gasteiger partial charge is 0.355 e. The van der Waals surface area contributed by atoms with E-state index in [1.165, 1.54) is 0 Å². The van der Waals surface area contributed by atoms with E-state index in [1.54, 1.807) is 23.1 Å². The molecule has 0 bridgehead atoms. The number of thioether (sulfide) groups is 1. The van der Waals surface area contributed by atoms with Crippen molar-refractivity contribution in [3.8, 4) is 0 Å². The summed E-state index contributed by atoms with van der Waals surface area (Å²) >= 11 is 3.23. The number of fused-ring (bicyclic) bond motifs is 1. The van der Waals surface area contributed by atoms with Gasteiger partial charge in [0.25, 0.3) is 0 Å². The molecular formula is C11H14N2O2S2. The molecule has 0 aliphatic rings. The first kappa shape index (κ1) is 12.4. The Bertz CT molecular complexity index is 545. The Morgan fingerprint density at radius 1 is 1.59 bits per heavy atom. The van der Waals surface area contributed by atoms with Crippen LogP contribution in [0.2, 0.25) is 0 Å². The van der Waals surface area contributed by atoms with Gasteiger partial charge in [0.05, 0.1) is 11.3 Å². The predicted molar refractivity (Wildman–Crippen MR) is 71.0 cm³/mol. The Morgan fingerprint density at radius 2 is 2.35 bits per heavy atom. The highest BCUT2D eigenvalue weighted by atomic mass is 32.2. The Morgan fingerprint density at radius 3 is 2.94 bits per heavy atom. The highest BCUT2D eigenvalue weighted by Gasteiger charge is 2.18. The van der Waals surface area contributed by atoms with Gasteiger partial charge in [-0.15, -0.1) is 11.3 Å². The van der Waals surface area contributed by atoms with E-state index < -0.39 is 0 Å². The second-order valence-electron chi connectivity index (χ2n) is 3.37. The molecule has 0 unspecified atom stereocenters. The lowest BCUT2D eigenvalue weighted by molar-refractivity contribution is 0.0514. The fourth-order valence-electron chi connectivity index (χ4n) is 1.69. The zero-order chi connectivity index (χ0) is 12.4. The zero-order valence-corrected chi connectivity index (χ0v) is 11.7. The quantitative estimate of drug-likeness (QED) is 0.633. The zero-order valence-electron chi connectivity index (χ0n) is 10.0. The number of rotatable bonds is 4. The molecule has 0 atom stereocenters. The SMILES string of the molecule is CCOC(=O)c1cc2sc(SC)nc2n1CC. The molecule has 4 nitrogen and oxygen atoms in total. The maximum absolute atomic E-state index is 11.8. The topological polar surface area (TPSA) is 44.1 Å². The first-order chi connectivity index (χ1) is 8.21. The second kappa shape index (κ2) is 5.10. The van der Waals surface area contributed by atoms with Crippen LogP contribution in [0.4, 0.5) is 0 Å². The molecule has 0 saturated heterocycles. The molecule has 0 aliphatic carbocycles. The average molecular weight is 270 g/mol. The van der Waals surface area contributed by atoms with Crippen LogP contribution in [-0.4, -0.2) is 28.4 Å². The third kappa shape index (κ3) is 2.19. The molecule has 92 valence electrons. The van der Waals surface area contributed by atoms with E-state index in [-0.39, 0.29) is 5.97 Å². The van der Waals surface area contributed by atoms with Crippen molar-refractivity contribution in [1.29, 1.82) is 0 Å². The average Bonchev–Trinajstić information content (AvgIpc) is 2.85. The van der Waals surface area contributed by atoms with Gasteiger partial charge < -0.3 is 9.30 Å². The molecule has 2 rings (SSSR count). The van der Waals surface area contributed by atoms with Gasteiger partial charge in [0, 0.05) is 6.54 Å². The number of carbonyl (C=O) groups excluding carboxylic acids is 1. The lowest BCUT2D eigenvalue weighted by Crippen LogP contribution is -2.11. The molecule has 6 heteroatoms. The van der Waals surface area contributed by atoms with Crippen LogP contribution >= 0.6 is 23.1 Å². The molecule has 0 N–H and O–H groups in total. The molecule has 2 aromatic heterocycles. The molecule has 0 saturated carbocycles. The van der Waals surface area contributed by atoms with E-state index in [2.05, 4.69) is 4.98 Å². The van der Waals surface area contributed by atoms with E-state index in [0.29, 0.717) is 12.3 Å². The van der Waals surface area contributed by atoms with Gasteiger partial charge in [-0.3, -0.25) is 0 Å². The Hall–Kier alpha value is -1.01. The minimum Gasteiger partial charge on any atom is -0.461 e. The van der Waals surface area contributed by atoms with Crippen molar-refractivity contribution < 1.29 is 9.53 Å². The van der Waals surface area contributed by atoms with Crippen molar-refractivity contribution in [1.82, 2.24) is 9.55 Å². The molecular weight excluding hydrogens is 256 g/mol. The summed E-state index contributed by atoms with van der Waals surface area (Å²) in [5, 5.41) is 0. The standard InChI is InChI=1S/C11H14N2O2S2/c1-4-13-7(10(14)15-5-2)6-8-9(13)12-11(16-3)17-8/h6H,4-5H2,1-3H3. The van der Waals surface area contributed by atoms with Crippen molar-refractivity contribution in [3.63, 3.8) is 0 Å². The van der Waals surface area contributed by atoms with Crippen molar-refractivity contribution >= 4 is 39.4 Å². The number of hydrogen-bond acceptors (Lipinski definition) is 5. The van der Waals surface area contributed by atoms with Crippen LogP contribution in [0.25, 0.3) is 10.3 Å². The minimum atomic E-state index is -0.273. The van der Waals surface area contributed by atoms with Crippen molar-refractivity contribution in [3.05, 3.63) is 11.8 Å². The van der Waals surface area contributed by atoms with Gasteiger partial charge in [-0.1, -0.05) is 11.8 Å². The molecule has 0 aromatic carbocycles. The minimum absolute atomic E-state index is 0.273. The molecule has 0 amide bonds. The van der Waals surface area contributed by atoms with E-state index in [0.717, 1.165) is 21.2 Å². The number of aromatic nitrogens is 2. The maximum atomic E-state index is 11.8. The summed E-state index contributed by atoms with van der Waals surface area (Å²) in [7, 11) is 0. The Balaban J connectivity index is 2.50. The van der Waals surface area contributed by atoms with Gasteiger partial charge >= 0.3 is 5.97 Å². The number of aryl methyl sites for hydroxylation is 1. The van der Waals surface area contributed by atoms with Crippen molar-refractivity contribution in [2.45, 2.75) is 24.7 Å². The Labute approximate surface area is 108 Å². The fraction of sp³-hybridized carbons (Fsp3) is 0.455. The summed E-state index contributed by atoms with van der Waals surface area (Å²) in [6.45, 7) is 4.92. The van der Waals surface area contributed by atoms with Gasteiger partial charge in [-0.2, -0.15) is 0 Å². The third-order valence-corrected chi connectivity index (χ3v) is 4.38. The molecule has 0 aliphatic heterocycles. The number of ether oxygens (including phenoxy) is 1. The number of carbonyl (C=O) groups is 1. The van der Waals surface area contributed by atoms with E-state index in [4.69, 9.17) is 4.74 Å². The molecule has 0 radical (unpaired) electrons. The molecule has 2 aromatic rings. The summed E-state index contributed by atoms with van der Waals surface area (Å²) in [5.41, 5.74) is 1.47. The predicted octanol–water partition coefficient (Wildman–Crippen LogP) is 3.02. The normalized spacial score (nSPS) is 11.0. The number of hydrogen-bond donors (Lipinski definition) is 0. The lowest BCUT2D eigenvalue weighted by Gasteiger charge is -2.05. The first-order valence-electron chi connectivity index (χ1n) is 5.42. The van der Waals surface area contributed by atoms with Gasteiger partial charge in [-0.25, -0.2) is 9.78 Å².